The molecule has 166 valence electrons. The van der Waals surface area contributed by atoms with E-state index in [1.807, 2.05) is 26.8 Å². The molecule has 0 amide bonds. The highest BCUT2D eigenvalue weighted by molar-refractivity contribution is 7.89. The second-order valence-electron chi connectivity index (χ2n) is 8.10. The number of rotatable bonds is 6. The van der Waals surface area contributed by atoms with E-state index in [1.165, 1.54) is 28.6 Å². The Balaban J connectivity index is 1.71. The highest BCUT2D eigenvalue weighted by Gasteiger charge is 2.26. The third kappa shape index (κ3) is 5.40. The smallest absolute Gasteiger partial charge is 0.338 e. The van der Waals surface area contributed by atoms with Gasteiger partial charge in [0.05, 0.1) is 10.5 Å². The summed E-state index contributed by atoms with van der Waals surface area (Å²) in [5, 5.41) is 0. The van der Waals surface area contributed by atoms with E-state index >= 15 is 0 Å². The second-order valence-corrected chi connectivity index (χ2v) is 10.0. The van der Waals surface area contributed by atoms with Crippen LogP contribution in [-0.4, -0.2) is 44.2 Å². The van der Waals surface area contributed by atoms with Crippen molar-refractivity contribution in [1.29, 1.82) is 0 Å². The first kappa shape index (κ1) is 23.2. The zero-order chi connectivity index (χ0) is 22.6. The molecule has 31 heavy (non-hydrogen) atoms. The highest BCUT2D eigenvalue weighted by atomic mass is 32.2. The third-order valence-corrected chi connectivity index (χ3v) is 7.64. The number of hydrogen-bond acceptors (Lipinski definition) is 5. The van der Waals surface area contributed by atoms with Gasteiger partial charge < -0.3 is 4.74 Å². The number of hydrogen-bond donors (Lipinski definition) is 0. The van der Waals surface area contributed by atoms with E-state index in [9.17, 15) is 18.0 Å². The van der Waals surface area contributed by atoms with Crippen molar-refractivity contribution >= 4 is 21.8 Å². The Morgan fingerprint density at radius 2 is 1.55 bits per heavy atom. The fourth-order valence-corrected chi connectivity index (χ4v) is 5.33. The molecular formula is C24H29NO5S. The lowest BCUT2D eigenvalue weighted by atomic mass is 9.98. The monoisotopic (exact) mass is 443 g/mol. The molecule has 0 aliphatic carbocycles. The first-order valence-corrected chi connectivity index (χ1v) is 12.0. The number of nitrogens with zero attached hydrogens (tertiary/aromatic N) is 1. The fraction of sp³-hybridized carbons (Fsp3) is 0.417. The van der Waals surface area contributed by atoms with Gasteiger partial charge in [-0.25, -0.2) is 13.2 Å². The molecule has 0 atom stereocenters. The Morgan fingerprint density at radius 1 is 0.903 bits per heavy atom. The number of aryl methyl sites for hydroxylation is 3. The van der Waals surface area contributed by atoms with Gasteiger partial charge in [-0.2, -0.15) is 4.31 Å². The molecule has 2 aromatic rings. The quantitative estimate of drug-likeness (QED) is 0.493. The lowest BCUT2D eigenvalue weighted by molar-refractivity contribution is 0.0474. The third-order valence-electron chi connectivity index (χ3n) is 5.75. The Kier molecular flexibility index (Phi) is 7.28. The topological polar surface area (TPSA) is 80.8 Å². The number of ether oxygens (including phenoxy) is 1. The Hall–Kier alpha value is -2.51. The predicted octanol–water partition coefficient (Wildman–Crippen LogP) is 4.22. The van der Waals surface area contributed by atoms with Crippen LogP contribution in [0.1, 0.15) is 63.1 Å². The molecule has 7 heteroatoms. The lowest BCUT2D eigenvalue weighted by Crippen LogP contribution is -2.32. The average molecular weight is 444 g/mol. The first-order valence-electron chi connectivity index (χ1n) is 10.6. The molecule has 1 aliphatic rings. The van der Waals surface area contributed by atoms with E-state index < -0.39 is 22.6 Å². The predicted molar refractivity (Wildman–Crippen MR) is 119 cm³/mol. The van der Waals surface area contributed by atoms with Crippen LogP contribution >= 0.6 is 0 Å². The van der Waals surface area contributed by atoms with Crippen molar-refractivity contribution in [2.45, 2.75) is 51.3 Å². The average Bonchev–Trinajstić information content (AvgIpc) is 3.04. The zero-order valence-corrected chi connectivity index (χ0v) is 19.1. The molecule has 0 unspecified atom stereocenters. The van der Waals surface area contributed by atoms with Gasteiger partial charge in [0.1, 0.15) is 0 Å². The van der Waals surface area contributed by atoms with Gasteiger partial charge in [-0.05, 0) is 74.6 Å². The van der Waals surface area contributed by atoms with Gasteiger partial charge in [-0.1, -0.05) is 25.0 Å². The normalized spacial score (nSPS) is 15.3. The van der Waals surface area contributed by atoms with Gasteiger partial charge in [0, 0.05) is 18.7 Å². The molecule has 1 aliphatic heterocycles. The van der Waals surface area contributed by atoms with Crippen LogP contribution in [0.15, 0.2) is 41.3 Å². The van der Waals surface area contributed by atoms with E-state index in [2.05, 4.69) is 0 Å². The molecule has 0 spiro atoms. The summed E-state index contributed by atoms with van der Waals surface area (Å²) in [6.45, 7) is 6.32. The van der Waals surface area contributed by atoms with Crippen molar-refractivity contribution in [2.75, 3.05) is 19.7 Å². The number of benzene rings is 2. The zero-order valence-electron chi connectivity index (χ0n) is 18.3. The van der Waals surface area contributed by atoms with Crippen LogP contribution < -0.4 is 0 Å². The number of carbonyl (C=O) groups excluding carboxylic acids is 2. The van der Waals surface area contributed by atoms with Crippen LogP contribution in [0.5, 0.6) is 0 Å². The van der Waals surface area contributed by atoms with Crippen molar-refractivity contribution in [1.82, 2.24) is 4.31 Å². The van der Waals surface area contributed by atoms with Crippen molar-refractivity contribution in [3.63, 3.8) is 0 Å². The molecular weight excluding hydrogens is 414 g/mol. The van der Waals surface area contributed by atoms with Crippen LogP contribution in [0.4, 0.5) is 0 Å². The number of sulfonamides is 1. The van der Waals surface area contributed by atoms with Crippen molar-refractivity contribution < 1.29 is 22.7 Å². The molecule has 2 aromatic carbocycles. The number of esters is 1. The number of carbonyl (C=O) groups is 2. The fourth-order valence-electron chi connectivity index (χ4n) is 3.77. The maximum Gasteiger partial charge on any atom is 0.338 e. The number of Topliss-reactive ketones (excluding diaryl/α,β-unsaturated/α-hetero) is 1. The minimum atomic E-state index is -3.67. The summed E-state index contributed by atoms with van der Waals surface area (Å²) in [4.78, 5) is 25.1. The van der Waals surface area contributed by atoms with E-state index in [-0.39, 0.29) is 16.2 Å². The standard InChI is InChI=1S/C24H29NO5S/c1-17-13-19(3)22(14-18(17)2)23(26)16-30-24(27)20-9-8-10-21(15-20)31(28,29)25-11-6-4-5-7-12-25/h8-10,13-15H,4-7,11-12,16H2,1-3H3. The van der Waals surface area contributed by atoms with Crippen molar-refractivity contribution in [3.8, 4) is 0 Å². The van der Waals surface area contributed by atoms with Crippen LogP contribution in [-0.2, 0) is 14.8 Å². The van der Waals surface area contributed by atoms with Crippen molar-refractivity contribution in [3.05, 3.63) is 64.2 Å². The molecule has 0 N–H and O–H groups in total. The highest BCUT2D eigenvalue weighted by Crippen LogP contribution is 2.22. The van der Waals surface area contributed by atoms with E-state index in [4.69, 9.17) is 4.74 Å². The van der Waals surface area contributed by atoms with Crippen molar-refractivity contribution in [2.24, 2.45) is 0 Å². The summed E-state index contributed by atoms with van der Waals surface area (Å²) < 4.78 is 32.7. The summed E-state index contributed by atoms with van der Waals surface area (Å²) in [5.74, 6) is -1.01. The minimum Gasteiger partial charge on any atom is -0.454 e. The van der Waals surface area contributed by atoms with Crippen LogP contribution in [0, 0.1) is 20.8 Å². The maximum absolute atomic E-state index is 13.0. The number of ketones is 1. The summed E-state index contributed by atoms with van der Waals surface area (Å²) in [6, 6.07) is 9.57. The second kappa shape index (κ2) is 9.75. The summed E-state index contributed by atoms with van der Waals surface area (Å²) in [5.41, 5.74) is 3.55. The van der Waals surface area contributed by atoms with E-state index in [0.717, 1.165) is 42.4 Å². The van der Waals surface area contributed by atoms with Gasteiger partial charge in [-0.3, -0.25) is 4.79 Å². The largest absolute Gasteiger partial charge is 0.454 e. The minimum absolute atomic E-state index is 0.0696. The van der Waals surface area contributed by atoms with Gasteiger partial charge in [-0.15, -0.1) is 0 Å². The summed E-state index contributed by atoms with van der Waals surface area (Å²) >= 11 is 0. The Bertz CT molecular complexity index is 1080. The molecule has 0 bridgehead atoms. The first-order chi connectivity index (χ1) is 14.7. The summed E-state index contributed by atoms with van der Waals surface area (Å²) in [7, 11) is -3.67. The maximum atomic E-state index is 13.0. The van der Waals surface area contributed by atoms with Gasteiger partial charge in [0.2, 0.25) is 15.8 Å². The molecule has 1 saturated heterocycles. The SMILES string of the molecule is Cc1cc(C)c(C(=O)COC(=O)c2cccc(S(=O)(=O)N3CCCCCC3)c2)cc1C. The Morgan fingerprint density at radius 3 is 2.23 bits per heavy atom. The molecule has 1 fully saturated rings. The molecule has 0 saturated carbocycles. The molecule has 0 aromatic heterocycles. The molecule has 3 rings (SSSR count). The van der Waals surface area contributed by atoms with Crippen LogP contribution in [0.2, 0.25) is 0 Å². The van der Waals surface area contributed by atoms with Gasteiger partial charge >= 0.3 is 5.97 Å². The molecule has 1 heterocycles. The van der Waals surface area contributed by atoms with Gasteiger partial charge in [0.15, 0.2) is 6.61 Å². The summed E-state index contributed by atoms with van der Waals surface area (Å²) in [6.07, 6.45) is 3.71. The molecule has 0 radical (unpaired) electrons. The van der Waals surface area contributed by atoms with E-state index in [1.54, 1.807) is 6.07 Å². The van der Waals surface area contributed by atoms with E-state index in [0.29, 0.717) is 18.7 Å². The molecule has 6 nitrogen and oxygen atoms in total. The Labute approximate surface area is 184 Å². The lowest BCUT2D eigenvalue weighted by Gasteiger charge is -2.20. The van der Waals surface area contributed by atoms with Gasteiger partial charge in [0.25, 0.3) is 0 Å². The van der Waals surface area contributed by atoms with Crippen LogP contribution in [0.25, 0.3) is 0 Å². The van der Waals surface area contributed by atoms with Crippen LogP contribution in [0.3, 0.4) is 0 Å².